The van der Waals surface area contributed by atoms with Gasteiger partial charge < -0.3 is 0 Å². The first-order chi connectivity index (χ1) is 6.19. The molecule has 0 aromatic carbocycles. The Bertz CT molecular complexity index is 250. The Kier molecular flexibility index (Phi) is 5.88. The molecule has 0 radical (unpaired) electrons. The Morgan fingerprint density at radius 1 is 1.23 bits per heavy atom. The van der Waals surface area contributed by atoms with Gasteiger partial charge in [-0.25, -0.2) is 4.39 Å². The Balaban J connectivity index is 4.78. The van der Waals surface area contributed by atoms with Crippen LogP contribution in [0.25, 0.3) is 0 Å². The lowest BCUT2D eigenvalue weighted by atomic mass is 10.1. The second-order valence-corrected chi connectivity index (χ2v) is 2.80. The Morgan fingerprint density at radius 3 is 2.08 bits per heavy atom. The fourth-order valence-electron chi connectivity index (χ4n) is 1.02. The molecular formula is C11H16FN. The molecule has 0 bridgehead atoms. The highest BCUT2D eigenvalue weighted by Crippen LogP contribution is 2.16. The van der Waals surface area contributed by atoms with Crippen LogP contribution in [-0.2, 0) is 0 Å². The van der Waals surface area contributed by atoms with Crippen molar-refractivity contribution in [3.05, 3.63) is 23.0 Å². The third kappa shape index (κ3) is 3.89. The van der Waals surface area contributed by atoms with Crippen molar-refractivity contribution < 1.29 is 4.39 Å². The molecule has 0 atom stereocenters. The number of hydrogen-bond donors (Lipinski definition) is 0. The quantitative estimate of drug-likeness (QED) is 0.476. The van der Waals surface area contributed by atoms with E-state index in [1.165, 1.54) is 6.08 Å². The lowest BCUT2D eigenvalue weighted by Crippen LogP contribution is -1.83. The van der Waals surface area contributed by atoms with Gasteiger partial charge in [-0.05, 0) is 25.3 Å². The van der Waals surface area contributed by atoms with Crippen LogP contribution < -0.4 is 0 Å². The summed E-state index contributed by atoms with van der Waals surface area (Å²) in [5.74, 6) is -0.372. The number of hydrogen-bond acceptors (Lipinski definition) is 1. The van der Waals surface area contributed by atoms with Crippen molar-refractivity contribution in [2.45, 2.75) is 40.0 Å². The van der Waals surface area contributed by atoms with Crippen molar-refractivity contribution in [1.82, 2.24) is 0 Å². The van der Waals surface area contributed by atoms with E-state index in [9.17, 15) is 4.39 Å². The van der Waals surface area contributed by atoms with Gasteiger partial charge in [-0.1, -0.05) is 26.3 Å². The van der Waals surface area contributed by atoms with Gasteiger partial charge in [0.05, 0.1) is 11.6 Å². The van der Waals surface area contributed by atoms with Gasteiger partial charge in [-0.2, -0.15) is 5.26 Å². The summed E-state index contributed by atoms with van der Waals surface area (Å²) in [6, 6.07) is 1.87. The SMILES string of the molecule is CCC(=C/C(F)=C(/C#N)CC)CC. The van der Waals surface area contributed by atoms with E-state index in [1.54, 1.807) is 6.92 Å². The summed E-state index contributed by atoms with van der Waals surface area (Å²) in [6.45, 7) is 5.75. The van der Waals surface area contributed by atoms with Crippen LogP contribution in [0.5, 0.6) is 0 Å². The highest BCUT2D eigenvalue weighted by molar-refractivity contribution is 5.32. The maximum Gasteiger partial charge on any atom is 0.136 e. The van der Waals surface area contributed by atoms with Gasteiger partial charge in [0.1, 0.15) is 5.83 Å². The molecule has 72 valence electrons. The molecule has 0 aliphatic heterocycles. The number of nitriles is 1. The second kappa shape index (κ2) is 6.42. The highest BCUT2D eigenvalue weighted by atomic mass is 19.1. The summed E-state index contributed by atoms with van der Waals surface area (Å²) in [5.41, 5.74) is 1.28. The molecule has 0 saturated heterocycles. The lowest BCUT2D eigenvalue weighted by Gasteiger charge is -1.99. The van der Waals surface area contributed by atoms with E-state index in [0.717, 1.165) is 18.4 Å². The smallest absolute Gasteiger partial charge is 0.136 e. The van der Waals surface area contributed by atoms with E-state index in [0.29, 0.717) is 6.42 Å². The number of nitrogens with zero attached hydrogens (tertiary/aromatic N) is 1. The molecule has 0 aromatic heterocycles. The highest BCUT2D eigenvalue weighted by Gasteiger charge is 2.01. The van der Waals surface area contributed by atoms with Gasteiger partial charge in [-0.15, -0.1) is 0 Å². The first-order valence-corrected chi connectivity index (χ1v) is 4.67. The van der Waals surface area contributed by atoms with Crippen LogP contribution in [0.2, 0.25) is 0 Å². The van der Waals surface area contributed by atoms with Crippen LogP contribution in [0.3, 0.4) is 0 Å². The largest absolute Gasteiger partial charge is 0.206 e. The van der Waals surface area contributed by atoms with Gasteiger partial charge in [0.2, 0.25) is 0 Å². The molecule has 0 aliphatic rings. The third-order valence-corrected chi connectivity index (χ3v) is 2.02. The van der Waals surface area contributed by atoms with Gasteiger partial charge in [0.25, 0.3) is 0 Å². The zero-order valence-electron chi connectivity index (χ0n) is 8.52. The van der Waals surface area contributed by atoms with Crippen molar-refractivity contribution in [3.63, 3.8) is 0 Å². The standard InChI is InChI=1S/C11H16FN/c1-4-9(5-2)7-11(12)10(6-3)8-13/h7H,4-6H2,1-3H3/b11-10-. The topological polar surface area (TPSA) is 23.8 Å². The zero-order chi connectivity index (χ0) is 10.3. The molecule has 0 rings (SSSR count). The van der Waals surface area contributed by atoms with E-state index in [1.807, 2.05) is 19.9 Å². The maximum atomic E-state index is 13.3. The fourth-order valence-corrected chi connectivity index (χ4v) is 1.02. The molecule has 0 N–H and O–H groups in total. The minimum absolute atomic E-state index is 0.236. The molecule has 2 heteroatoms. The average Bonchev–Trinajstić information content (AvgIpc) is 2.16. The summed E-state index contributed by atoms with van der Waals surface area (Å²) >= 11 is 0. The Labute approximate surface area is 79.6 Å². The molecule has 0 saturated carbocycles. The van der Waals surface area contributed by atoms with Gasteiger partial charge in [0, 0.05) is 0 Å². The maximum absolute atomic E-state index is 13.3. The molecule has 0 unspecified atom stereocenters. The molecule has 0 amide bonds. The number of allylic oxidation sites excluding steroid dienone is 4. The predicted molar refractivity (Wildman–Crippen MR) is 52.7 cm³/mol. The van der Waals surface area contributed by atoms with Gasteiger partial charge in [-0.3, -0.25) is 0 Å². The van der Waals surface area contributed by atoms with Crippen LogP contribution in [0.15, 0.2) is 23.0 Å². The van der Waals surface area contributed by atoms with Crippen LogP contribution in [0.1, 0.15) is 40.0 Å². The van der Waals surface area contributed by atoms with E-state index < -0.39 is 0 Å². The molecule has 0 spiro atoms. The summed E-state index contributed by atoms with van der Waals surface area (Å²) < 4.78 is 13.3. The third-order valence-electron chi connectivity index (χ3n) is 2.02. The van der Waals surface area contributed by atoms with Gasteiger partial charge in [0.15, 0.2) is 0 Å². The molecule has 13 heavy (non-hydrogen) atoms. The first kappa shape index (κ1) is 11.9. The summed E-state index contributed by atoms with van der Waals surface area (Å²) in [5, 5.41) is 8.58. The van der Waals surface area contributed by atoms with E-state index in [2.05, 4.69) is 0 Å². The molecule has 1 nitrogen and oxygen atoms in total. The van der Waals surface area contributed by atoms with Crippen molar-refractivity contribution >= 4 is 0 Å². The average molecular weight is 181 g/mol. The van der Waals surface area contributed by atoms with Gasteiger partial charge >= 0.3 is 0 Å². The zero-order valence-corrected chi connectivity index (χ0v) is 8.52. The number of halogens is 1. The number of rotatable bonds is 4. The molecule has 0 aliphatic carbocycles. The van der Waals surface area contributed by atoms with Crippen LogP contribution >= 0.6 is 0 Å². The van der Waals surface area contributed by atoms with Crippen molar-refractivity contribution in [2.75, 3.05) is 0 Å². The van der Waals surface area contributed by atoms with Crippen LogP contribution in [0.4, 0.5) is 4.39 Å². The van der Waals surface area contributed by atoms with E-state index in [4.69, 9.17) is 5.26 Å². The molecule has 0 fully saturated rings. The molecule has 0 aromatic rings. The second-order valence-electron chi connectivity index (χ2n) is 2.80. The van der Waals surface area contributed by atoms with E-state index >= 15 is 0 Å². The minimum atomic E-state index is -0.372. The fraction of sp³-hybridized carbons (Fsp3) is 0.545. The van der Waals surface area contributed by atoms with E-state index in [-0.39, 0.29) is 11.4 Å². The monoisotopic (exact) mass is 181 g/mol. The first-order valence-electron chi connectivity index (χ1n) is 4.67. The summed E-state index contributed by atoms with van der Waals surface area (Å²) in [4.78, 5) is 0. The van der Waals surface area contributed by atoms with Crippen LogP contribution in [-0.4, -0.2) is 0 Å². The van der Waals surface area contributed by atoms with Crippen LogP contribution in [0, 0.1) is 11.3 Å². The Hall–Kier alpha value is -1.10. The van der Waals surface area contributed by atoms with Crippen molar-refractivity contribution in [2.24, 2.45) is 0 Å². The summed E-state index contributed by atoms with van der Waals surface area (Å²) in [7, 11) is 0. The Morgan fingerprint density at radius 2 is 1.77 bits per heavy atom. The normalized spacial score (nSPS) is 11.6. The lowest BCUT2D eigenvalue weighted by molar-refractivity contribution is 0.650. The van der Waals surface area contributed by atoms with Crippen molar-refractivity contribution in [3.8, 4) is 6.07 Å². The predicted octanol–water partition coefficient (Wildman–Crippen LogP) is 3.89. The molecule has 0 heterocycles. The van der Waals surface area contributed by atoms with Crippen molar-refractivity contribution in [1.29, 1.82) is 5.26 Å². The summed E-state index contributed by atoms with van der Waals surface area (Å²) in [6.07, 6.45) is 3.63. The molecular weight excluding hydrogens is 165 g/mol. The minimum Gasteiger partial charge on any atom is -0.206 e.